The number of rotatable bonds is 3. The van der Waals surface area contributed by atoms with Gasteiger partial charge in [0.15, 0.2) is 0 Å². The molecule has 0 spiro atoms. The number of halogens is 1. The topological polar surface area (TPSA) is 88.4 Å². The predicted molar refractivity (Wildman–Crippen MR) is 106 cm³/mol. The summed E-state index contributed by atoms with van der Waals surface area (Å²) in [6.45, 7) is 1.90. The van der Waals surface area contributed by atoms with Crippen molar-refractivity contribution in [2.75, 3.05) is 25.0 Å². The molecule has 2 unspecified atom stereocenters. The predicted octanol–water partition coefficient (Wildman–Crippen LogP) is 0.538. The van der Waals surface area contributed by atoms with E-state index in [0.29, 0.717) is 12.5 Å². The molecule has 146 valence electrons. The quantitative estimate of drug-likeness (QED) is 0.743. The molecule has 0 aliphatic carbocycles. The molecule has 0 bridgehead atoms. The van der Waals surface area contributed by atoms with Crippen LogP contribution in [0.25, 0.3) is 11.0 Å². The molecule has 9 heteroatoms. The normalized spacial score (nSPS) is 22.6. The van der Waals surface area contributed by atoms with Crippen LogP contribution in [0.3, 0.4) is 0 Å². The molecule has 2 aliphatic heterocycles. The van der Waals surface area contributed by atoms with Crippen molar-refractivity contribution in [2.24, 2.45) is 7.05 Å². The molecule has 0 saturated carbocycles. The van der Waals surface area contributed by atoms with Gasteiger partial charge >= 0.3 is 5.69 Å². The Morgan fingerprint density at radius 2 is 1.96 bits per heavy atom. The number of aryl methyl sites for hydroxylation is 1. The summed E-state index contributed by atoms with van der Waals surface area (Å²) in [5, 5.41) is 5.71. The van der Waals surface area contributed by atoms with Gasteiger partial charge in [0, 0.05) is 33.1 Å². The second-order valence-electron chi connectivity index (χ2n) is 7.08. The third-order valence-electron chi connectivity index (χ3n) is 5.57. The minimum absolute atomic E-state index is 0. The zero-order valence-corrected chi connectivity index (χ0v) is 16.2. The van der Waals surface area contributed by atoms with E-state index >= 15 is 0 Å². The maximum absolute atomic E-state index is 12.9. The molecule has 8 nitrogen and oxygen atoms in total. The van der Waals surface area contributed by atoms with Crippen LogP contribution in [0.5, 0.6) is 0 Å². The number of carbonyl (C=O) groups is 2. The van der Waals surface area contributed by atoms with Crippen molar-refractivity contribution >= 4 is 40.9 Å². The number of para-hydroxylation sites is 1. The summed E-state index contributed by atoms with van der Waals surface area (Å²) in [6, 6.07) is 5.50. The van der Waals surface area contributed by atoms with Gasteiger partial charge in [0.2, 0.25) is 11.8 Å². The largest absolute Gasteiger partial charge is 0.369 e. The van der Waals surface area contributed by atoms with Gasteiger partial charge in [-0.05, 0) is 31.5 Å². The van der Waals surface area contributed by atoms with E-state index in [-0.39, 0.29) is 30.4 Å². The van der Waals surface area contributed by atoms with Crippen molar-refractivity contribution in [3.63, 3.8) is 0 Å². The van der Waals surface area contributed by atoms with Gasteiger partial charge in [-0.25, -0.2) is 4.79 Å². The van der Waals surface area contributed by atoms with Crippen LogP contribution in [0, 0.1) is 0 Å². The minimum atomic E-state index is -0.655. The summed E-state index contributed by atoms with van der Waals surface area (Å²) in [5.41, 5.74) is 2.28. The standard InChI is InChI=1S/C18H23N5O3.ClH/c1-21(11-8-9-19-10-11)12-4-3-5-13-16(12)22(2)18(26)23(13)14-6-7-15(24)20-17(14)25;/h3-5,11,14,19H,6-10H2,1-2H3,(H,20,24,25);1H. The molecular weight excluding hydrogens is 370 g/mol. The zero-order valence-electron chi connectivity index (χ0n) is 15.4. The fourth-order valence-electron chi connectivity index (χ4n) is 4.10. The van der Waals surface area contributed by atoms with Crippen molar-refractivity contribution in [1.82, 2.24) is 19.8 Å². The third-order valence-corrected chi connectivity index (χ3v) is 5.57. The molecule has 2 aliphatic rings. The number of fused-ring (bicyclic) bond motifs is 1. The van der Waals surface area contributed by atoms with Crippen molar-refractivity contribution in [3.8, 4) is 0 Å². The van der Waals surface area contributed by atoms with Crippen LogP contribution in [0.2, 0.25) is 0 Å². The molecule has 2 atom stereocenters. The minimum Gasteiger partial charge on any atom is -0.369 e. The number of anilines is 1. The molecule has 0 radical (unpaired) electrons. The van der Waals surface area contributed by atoms with Gasteiger partial charge in [0.1, 0.15) is 6.04 Å². The molecule has 2 saturated heterocycles. The Bertz CT molecular complexity index is 944. The van der Waals surface area contributed by atoms with E-state index < -0.39 is 11.9 Å². The first-order valence-corrected chi connectivity index (χ1v) is 8.96. The van der Waals surface area contributed by atoms with Crippen LogP contribution >= 0.6 is 12.4 Å². The Morgan fingerprint density at radius 3 is 2.63 bits per heavy atom. The van der Waals surface area contributed by atoms with Crippen LogP contribution in [0.4, 0.5) is 5.69 Å². The Morgan fingerprint density at radius 1 is 1.19 bits per heavy atom. The Hall–Kier alpha value is -2.32. The average molecular weight is 394 g/mol. The maximum Gasteiger partial charge on any atom is 0.329 e. The van der Waals surface area contributed by atoms with E-state index in [4.69, 9.17) is 0 Å². The highest BCUT2D eigenvalue weighted by Gasteiger charge is 2.32. The molecule has 1 aromatic heterocycles. The van der Waals surface area contributed by atoms with Gasteiger partial charge in [0.05, 0.1) is 16.7 Å². The van der Waals surface area contributed by atoms with Crippen LogP contribution in [0.15, 0.2) is 23.0 Å². The number of imide groups is 1. The SMILES string of the molecule is CN(c1cccc2c1n(C)c(=O)n2C1CCC(=O)NC1=O)C1CCNC1.Cl. The molecule has 27 heavy (non-hydrogen) atoms. The number of benzene rings is 1. The molecular formula is C18H24ClN5O3. The number of hydrogen-bond donors (Lipinski definition) is 2. The first-order chi connectivity index (χ1) is 12.5. The monoisotopic (exact) mass is 393 g/mol. The number of amides is 2. The Kier molecular flexibility index (Phi) is 5.30. The lowest BCUT2D eigenvalue weighted by Gasteiger charge is -2.27. The van der Waals surface area contributed by atoms with Crippen molar-refractivity contribution in [1.29, 1.82) is 0 Å². The number of piperidine rings is 1. The van der Waals surface area contributed by atoms with E-state index in [9.17, 15) is 14.4 Å². The summed E-state index contributed by atoms with van der Waals surface area (Å²) in [6.07, 6.45) is 1.64. The van der Waals surface area contributed by atoms with E-state index in [0.717, 1.165) is 36.2 Å². The highest BCUT2D eigenvalue weighted by molar-refractivity contribution is 6.00. The number of nitrogens with zero attached hydrogens (tertiary/aromatic N) is 3. The van der Waals surface area contributed by atoms with E-state index in [1.807, 2.05) is 25.2 Å². The first-order valence-electron chi connectivity index (χ1n) is 8.96. The fraction of sp³-hybridized carbons (Fsp3) is 0.500. The number of imidazole rings is 1. The lowest BCUT2D eigenvalue weighted by molar-refractivity contribution is -0.135. The van der Waals surface area contributed by atoms with E-state index in [1.54, 1.807) is 11.6 Å². The van der Waals surface area contributed by atoms with Crippen LogP contribution in [-0.4, -0.2) is 47.1 Å². The average Bonchev–Trinajstić information content (AvgIpc) is 3.24. The van der Waals surface area contributed by atoms with Crippen molar-refractivity contribution in [2.45, 2.75) is 31.3 Å². The summed E-state index contributed by atoms with van der Waals surface area (Å²) < 4.78 is 3.13. The highest BCUT2D eigenvalue weighted by Crippen LogP contribution is 2.30. The van der Waals surface area contributed by atoms with Gasteiger partial charge in [-0.2, -0.15) is 0 Å². The number of likely N-dealkylation sites (N-methyl/N-ethyl adjacent to an activating group) is 1. The summed E-state index contributed by atoms with van der Waals surface area (Å²) >= 11 is 0. The second kappa shape index (κ2) is 7.36. The first kappa shape index (κ1) is 19.4. The van der Waals surface area contributed by atoms with Gasteiger partial charge in [-0.1, -0.05) is 6.07 Å². The van der Waals surface area contributed by atoms with Crippen LogP contribution in [0.1, 0.15) is 25.3 Å². The van der Waals surface area contributed by atoms with Crippen LogP contribution in [-0.2, 0) is 16.6 Å². The second-order valence-corrected chi connectivity index (χ2v) is 7.08. The molecule has 2 fully saturated rings. The fourth-order valence-corrected chi connectivity index (χ4v) is 4.10. The van der Waals surface area contributed by atoms with Crippen molar-refractivity contribution < 1.29 is 9.59 Å². The number of hydrogen-bond acceptors (Lipinski definition) is 5. The van der Waals surface area contributed by atoms with Crippen LogP contribution < -0.4 is 21.2 Å². The molecule has 2 aromatic rings. The maximum atomic E-state index is 12.9. The van der Waals surface area contributed by atoms with Crippen molar-refractivity contribution in [3.05, 3.63) is 28.7 Å². The lowest BCUT2D eigenvalue weighted by atomic mass is 10.1. The Balaban J connectivity index is 0.00000210. The summed E-state index contributed by atoms with van der Waals surface area (Å²) in [4.78, 5) is 38.9. The number of aromatic nitrogens is 2. The van der Waals surface area contributed by atoms with Gasteiger partial charge < -0.3 is 10.2 Å². The highest BCUT2D eigenvalue weighted by atomic mass is 35.5. The molecule has 2 amide bonds. The van der Waals surface area contributed by atoms with E-state index in [1.165, 1.54) is 4.57 Å². The summed E-state index contributed by atoms with van der Waals surface area (Å²) in [5.74, 6) is -0.691. The number of carbonyl (C=O) groups excluding carboxylic acids is 2. The smallest absolute Gasteiger partial charge is 0.329 e. The zero-order chi connectivity index (χ0) is 18.4. The van der Waals surface area contributed by atoms with E-state index in [2.05, 4.69) is 15.5 Å². The molecule has 2 N–H and O–H groups in total. The number of nitrogens with one attached hydrogen (secondary N) is 2. The van der Waals surface area contributed by atoms with Gasteiger partial charge in [0.25, 0.3) is 0 Å². The molecule has 3 heterocycles. The Labute approximate surface area is 162 Å². The third kappa shape index (κ3) is 3.12. The summed E-state index contributed by atoms with van der Waals surface area (Å²) in [7, 11) is 3.78. The molecule has 1 aromatic carbocycles. The van der Waals surface area contributed by atoms with Gasteiger partial charge in [-0.3, -0.25) is 24.0 Å². The molecule has 4 rings (SSSR count). The lowest BCUT2D eigenvalue weighted by Crippen LogP contribution is -2.44. The van der Waals surface area contributed by atoms with Gasteiger partial charge in [-0.15, -0.1) is 12.4 Å².